The molecule has 0 radical (unpaired) electrons. The highest BCUT2D eigenvalue weighted by Gasteiger charge is 2.97. The van der Waals surface area contributed by atoms with Crippen molar-refractivity contribution in [1.29, 1.82) is 0 Å². The van der Waals surface area contributed by atoms with Crippen LogP contribution in [-0.4, -0.2) is 0 Å². The van der Waals surface area contributed by atoms with Crippen molar-refractivity contribution in [2.45, 2.75) is 13.8 Å². The van der Waals surface area contributed by atoms with Gasteiger partial charge in [-0.15, -0.1) is 0 Å². The Balaban J connectivity index is 0.000000159. The lowest BCUT2D eigenvalue weighted by atomic mass is 9.01. The Morgan fingerprint density at radius 3 is 0.600 bits per heavy atom. The SMILES string of the molecule is C12C3C4C1C1C2C3C41.CC. The van der Waals surface area contributed by atoms with Gasteiger partial charge in [-0.25, -0.2) is 0 Å². The molecule has 54 valence electrons. The van der Waals surface area contributed by atoms with E-state index in [1.165, 1.54) is 47.3 Å². The average Bonchev–Trinajstić information content (AvgIpc) is 2.10. The van der Waals surface area contributed by atoms with E-state index in [9.17, 15) is 0 Å². The van der Waals surface area contributed by atoms with E-state index < -0.39 is 0 Å². The summed E-state index contributed by atoms with van der Waals surface area (Å²) in [6, 6.07) is 0. The van der Waals surface area contributed by atoms with Crippen LogP contribution in [0.5, 0.6) is 0 Å². The van der Waals surface area contributed by atoms with E-state index in [1.807, 2.05) is 13.8 Å². The highest BCUT2D eigenvalue weighted by atomic mass is 15.0. The van der Waals surface area contributed by atoms with Crippen molar-refractivity contribution in [2.24, 2.45) is 47.3 Å². The summed E-state index contributed by atoms with van der Waals surface area (Å²) in [5.41, 5.74) is 0. The average molecular weight is 134 g/mol. The number of rotatable bonds is 0. The molecule has 0 heterocycles. The van der Waals surface area contributed by atoms with Crippen LogP contribution in [0.4, 0.5) is 0 Å². The first-order chi connectivity index (χ1) is 5.00. The summed E-state index contributed by atoms with van der Waals surface area (Å²) in [4.78, 5) is 0. The molecule has 0 heteroatoms. The lowest BCUT2D eigenvalue weighted by Crippen LogP contribution is -3.00. The number of hydrogen-bond acceptors (Lipinski definition) is 0. The van der Waals surface area contributed by atoms with Gasteiger partial charge in [0.1, 0.15) is 0 Å². The second-order valence-corrected chi connectivity index (χ2v) is 4.62. The van der Waals surface area contributed by atoms with Crippen LogP contribution in [0.3, 0.4) is 0 Å². The summed E-state index contributed by atoms with van der Waals surface area (Å²) in [5, 5.41) is 0. The summed E-state index contributed by atoms with van der Waals surface area (Å²) in [7, 11) is 0. The monoisotopic (exact) mass is 134 g/mol. The summed E-state index contributed by atoms with van der Waals surface area (Å²) < 4.78 is 0. The molecular weight excluding hydrogens is 120 g/mol. The Kier molecular flexibility index (Phi) is 0.479. The smallest absolute Gasteiger partial charge is 0.0312 e. The zero-order valence-electron chi connectivity index (χ0n) is 6.62. The van der Waals surface area contributed by atoms with Gasteiger partial charge in [-0.3, -0.25) is 0 Å². The Morgan fingerprint density at radius 2 is 0.500 bits per heavy atom. The zero-order valence-corrected chi connectivity index (χ0v) is 6.62. The molecular formula is C10H14. The predicted octanol–water partition coefficient (Wildman–Crippen LogP) is 2.01. The molecule has 6 saturated carbocycles. The second kappa shape index (κ2) is 1.00. The van der Waals surface area contributed by atoms with E-state index in [2.05, 4.69) is 0 Å². The fourth-order valence-electron chi connectivity index (χ4n) is 5.29. The first kappa shape index (κ1) is 4.79. The third-order valence-corrected chi connectivity index (χ3v) is 5.33. The van der Waals surface area contributed by atoms with Crippen LogP contribution in [0.15, 0.2) is 0 Å². The van der Waals surface area contributed by atoms with Crippen molar-refractivity contribution in [1.82, 2.24) is 0 Å². The largest absolute Gasteiger partial charge is 0.0683 e. The van der Waals surface area contributed by atoms with Gasteiger partial charge in [0.15, 0.2) is 0 Å². The van der Waals surface area contributed by atoms with Crippen LogP contribution < -0.4 is 0 Å². The van der Waals surface area contributed by atoms with Gasteiger partial charge in [0.05, 0.1) is 0 Å². The minimum Gasteiger partial charge on any atom is -0.0683 e. The fraction of sp³-hybridized carbons (Fsp3) is 1.00. The molecule has 0 spiro atoms. The van der Waals surface area contributed by atoms with Crippen molar-refractivity contribution in [2.75, 3.05) is 0 Å². The predicted molar refractivity (Wildman–Crippen MR) is 39.3 cm³/mol. The molecule has 0 aromatic carbocycles. The van der Waals surface area contributed by atoms with Gasteiger partial charge in [0, 0.05) is 0 Å². The molecule has 10 heavy (non-hydrogen) atoms. The van der Waals surface area contributed by atoms with E-state index >= 15 is 0 Å². The van der Waals surface area contributed by atoms with Gasteiger partial charge in [-0.1, -0.05) is 13.8 Å². The molecule has 0 unspecified atom stereocenters. The van der Waals surface area contributed by atoms with Gasteiger partial charge in [-0.05, 0) is 47.3 Å². The van der Waals surface area contributed by atoms with Gasteiger partial charge >= 0.3 is 0 Å². The molecule has 6 rings (SSSR count). The molecule has 0 aromatic rings. The maximum absolute atomic E-state index is 2.00. The first-order valence-corrected chi connectivity index (χ1v) is 5.00. The number of hydrogen-bond donors (Lipinski definition) is 0. The normalized spacial score (nSPS) is 87.0. The maximum Gasteiger partial charge on any atom is -0.0312 e. The molecule has 0 atom stereocenters. The van der Waals surface area contributed by atoms with Crippen LogP contribution in [0.25, 0.3) is 0 Å². The minimum absolute atomic E-state index is 1.33. The van der Waals surface area contributed by atoms with Crippen molar-refractivity contribution < 1.29 is 0 Å². The summed E-state index contributed by atoms with van der Waals surface area (Å²) in [6.07, 6.45) is 0. The Bertz CT molecular complexity index is 110. The van der Waals surface area contributed by atoms with Gasteiger partial charge in [0.2, 0.25) is 0 Å². The standard InChI is InChI=1S/C8H8.C2H6/c1-2-5-3(1)7-4(1)6(2)8(5)7;1-2/h1-8H;1-2H3. The molecule has 0 saturated heterocycles. The van der Waals surface area contributed by atoms with Crippen LogP contribution in [0.1, 0.15) is 13.8 Å². The lowest BCUT2D eigenvalue weighted by Gasteiger charge is -3.03. The Morgan fingerprint density at radius 1 is 0.400 bits per heavy atom. The van der Waals surface area contributed by atoms with Crippen LogP contribution in [-0.2, 0) is 0 Å². The topological polar surface area (TPSA) is 0 Å². The maximum atomic E-state index is 2.00. The van der Waals surface area contributed by atoms with Crippen LogP contribution in [0.2, 0.25) is 0 Å². The van der Waals surface area contributed by atoms with Gasteiger partial charge in [-0.2, -0.15) is 0 Å². The molecule has 6 aliphatic rings. The van der Waals surface area contributed by atoms with Crippen molar-refractivity contribution >= 4 is 0 Å². The van der Waals surface area contributed by atoms with Crippen molar-refractivity contribution in [3.63, 3.8) is 0 Å². The van der Waals surface area contributed by atoms with E-state index in [4.69, 9.17) is 0 Å². The summed E-state index contributed by atoms with van der Waals surface area (Å²) in [5.74, 6) is 10.7. The molecule has 0 nitrogen and oxygen atoms in total. The molecule has 0 aromatic heterocycles. The molecule has 6 fully saturated rings. The molecule has 6 aliphatic carbocycles. The fourth-order valence-corrected chi connectivity index (χ4v) is 5.29. The minimum atomic E-state index is 1.33. The molecule has 0 amide bonds. The van der Waals surface area contributed by atoms with Crippen molar-refractivity contribution in [3.05, 3.63) is 0 Å². The van der Waals surface area contributed by atoms with Gasteiger partial charge < -0.3 is 0 Å². The zero-order chi connectivity index (χ0) is 6.62. The van der Waals surface area contributed by atoms with Crippen LogP contribution in [0, 0.1) is 47.3 Å². The third kappa shape index (κ3) is 0.170. The van der Waals surface area contributed by atoms with Crippen molar-refractivity contribution in [3.8, 4) is 0 Å². The van der Waals surface area contributed by atoms with E-state index in [-0.39, 0.29) is 0 Å². The molecule has 0 bridgehead atoms. The lowest BCUT2D eigenvalue weighted by molar-refractivity contribution is -0.565. The quantitative estimate of drug-likeness (QED) is 0.475. The van der Waals surface area contributed by atoms with E-state index in [0.717, 1.165) is 0 Å². The second-order valence-electron chi connectivity index (χ2n) is 4.62. The molecule has 0 aliphatic heterocycles. The highest BCUT2D eigenvalue weighted by molar-refractivity contribution is 5.44. The Hall–Kier alpha value is 0. The Labute approximate surface area is 62.0 Å². The van der Waals surface area contributed by atoms with E-state index in [0.29, 0.717) is 0 Å². The summed E-state index contributed by atoms with van der Waals surface area (Å²) in [6.45, 7) is 4.00. The molecule has 0 N–H and O–H groups in total. The van der Waals surface area contributed by atoms with E-state index in [1.54, 1.807) is 0 Å². The van der Waals surface area contributed by atoms with Crippen LogP contribution >= 0.6 is 0 Å². The first-order valence-electron chi connectivity index (χ1n) is 5.00. The summed E-state index contributed by atoms with van der Waals surface area (Å²) >= 11 is 0. The highest BCUT2D eigenvalue weighted by Crippen LogP contribution is 3.00. The third-order valence-electron chi connectivity index (χ3n) is 5.33. The van der Waals surface area contributed by atoms with Gasteiger partial charge in [0.25, 0.3) is 0 Å².